The monoisotopic (exact) mass is 312 g/mol. The number of aliphatic carboxylic acids is 1. The van der Waals surface area contributed by atoms with Crippen molar-refractivity contribution in [3.05, 3.63) is 28.8 Å². The zero-order valence-corrected chi connectivity index (χ0v) is 12.7. The van der Waals surface area contributed by atoms with Gasteiger partial charge in [-0.15, -0.1) is 0 Å². The molecule has 2 amide bonds. The van der Waals surface area contributed by atoms with Gasteiger partial charge in [0.15, 0.2) is 0 Å². The van der Waals surface area contributed by atoms with Crippen molar-refractivity contribution in [3.8, 4) is 0 Å². The second-order valence-corrected chi connectivity index (χ2v) is 5.59. The SMILES string of the molecule is CNC(=O)c1cc(NC(=O)CC(C)(C)C(=O)O)ccc1Cl. The number of carboxylic acids is 1. The van der Waals surface area contributed by atoms with Gasteiger partial charge in [-0.25, -0.2) is 0 Å². The highest BCUT2D eigenvalue weighted by Crippen LogP contribution is 2.23. The van der Waals surface area contributed by atoms with Gasteiger partial charge in [0.1, 0.15) is 0 Å². The summed E-state index contributed by atoms with van der Waals surface area (Å²) in [6, 6.07) is 4.47. The quantitative estimate of drug-likeness (QED) is 0.776. The Kier molecular flexibility index (Phi) is 5.32. The fourth-order valence-electron chi connectivity index (χ4n) is 1.59. The molecule has 0 aromatic heterocycles. The van der Waals surface area contributed by atoms with Gasteiger partial charge in [0.05, 0.1) is 16.0 Å². The molecule has 0 heterocycles. The summed E-state index contributed by atoms with van der Waals surface area (Å²) in [5.74, 6) is -1.88. The molecule has 0 aliphatic carbocycles. The van der Waals surface area contributed by atoms with Crippen LogP contribution < -0.4 is 10.6 Å². The van der Waals surface area contributed by atoms with Gasteiger partial charge in [-0.1, -0.05) is 11.6 Å². The van der Waals surface area contributed by atoms with E-state index < -0.39 is 17.3 Å². The summed E-state index contributed by atoms with van der Waals surface area (Å²) in [6.45, 7) is 2.93. The number of carbonyl (C=O) groups is 3. The highest BCUT2D eigenvalue weighted by atomic mass is 35.5. The van der Waals surface area contributed by atoms with Crippen molar-refractivity contribution >= 4 is 35.1 Å². The standard InChI is InChI=1S/C14H17ClN2O4/c1-14(2,13(20)21)7-11(18)17-8-4-5-10(15)9(6-8)12(19)16-3/h4-6H,7H2,1-3H3,(H,16,19)(H,17,18)(H,20,21). The van der Waals surface area contributed by atoms with E-state index in [0.29, 0.717) is 5.69 Å². The summed E-state index contributed by atoms with van der Waals surface area (Å²) in [7, 11) is 1.47. The number of carboxylic acid groups (broad SMARTS) is 1. The van der Waals surface area contributed by atoms with Crippen molar-refractivity contribution in [3.63, 3.8) is 0 Å². The Morgan fingerprint density at radius 2 is 1.90 bits per heavy atom. The van der Waals surface area contributed by atoms with E-state index in [1.165, 1.54) is 33.0 Å². The lowest BCUT2D eigenvalue weighted by atomic mass is 9.89. The summed E-state index contributed by atoms with van der Waals surface area (Å²) < 4.78 is 0. The van der Waals surface area contributed by atoms with Crippen molar-refractivity contribution < 1.29 is 19.5 Å². The van der Waals surface area contributed by atoms with Crippen LogP contribution in [0, 0.1) is 5.41 Å². The van der Waals surface area contributed by atoms with Crippen LogP contribution in [-0.2, 0) is 9.59 Å². The van der Waals surface area contributed by atoms with E-state index in [-0.39, 0.29) is 22.9 Å². The van der Waals surface area contributed by atoms with Crippen LogP contribution in [0.1, 0.15) is 30.6 Å². The maximum Gasteiger partial charge on any atom is 0.309 e. The predicted octanol–water partition coefficient (Wildman–Crippen LogP) is 2.14. The Bertz CT molecular complexity index is 584. The Morgan fingerprint density at radius 1 is 1.29 bits per heavy atom. The van der Waals surface area contributed by atoms with E-state index in [1.807, 2.05) is 0 Å². The van der Waals surface area contributed by atoms with Crippen LogP contribution in [0.15, 0.2) is 18.2 Å². The Hall–Kier alpha value is -2.08. The number of rotatable bonds is 5. The number of nitrogens with one attached hydrogen (secondary N) is 2. The fraction of sp³-hybridized carbons (Fsp3) is 0.357. The van der Waals surface area contributed by atoms with Gasteiger partial charge < -0.3 is 15.7 Å². The minimum atomic E-state index is -1.17. The molecule has 0 aliphatic heterocycles. The molecule has 0 bridgehead atoms. The fourth-order valence-corrected chi connectivity index (χ4v) is 1.80. The number of halogens is 1. The maximum atomic E-state index is 11.9. The molecule has 0 radical (unpaired) electrons. The first kappa shape index (κ1) is 17.0. The maximum absolute atomic E-state index is 11.9. The van der Waals surface area contributed by atoms with E-state index in [0.717, 1.165) is 0 Å². The molecule has 3 N–H and O–H groups in total. The van der Waals surface area contributed by atoms with Gasteiger partial charge in [-0.05, 0) is 32.0 Å². The Morgan fingerprint density at radius 3 is 2.43 bits per heavy atom. The minimum absolute atomic E-state index is 0.180. The number of carbonyl (C=O) groups excluding carboxylic acids is 2. The molecule has 6 nitrogen and oxygen atoms in total. The molecule has 1 aromatic carbocycles. The number of benzene rings is 1. The van der Waals surface area contributed by atoms with Gasteiger partial charge >= 0.3 is 5.97 Å². The average Bonchev–Trinajstić information content (AvgIpc) is 2.39. The molecule has 1 aromatic rings. The molecular weight excluding hydrogens is 296 g/mol. The molecule has 0 saturated heterocycles. The lowest BCUT2D eigenvalue weighted by Gasteiger charge is -2.18. The first-order valence-corrected chi connectivity index (χ1v) is 6.60. The van der Waals surface area contributed by atoms with Crippen LogP contribution in [-0.4, -0.2) is 29.9 Å². The minimum Gasteiger partial charge on any atom is -0.481 e. The van der Waals surface area contributed by atoms with Crippen LogP contribution >= 0.6 is 11.6 Å². The summed E-state index contributed by atoms with van der Waals surface area (Å²) in [5, 5.41) is 14.3. The van der Waals surface area contributed by atoms with Crippen molar-refractivity contribution in [1.29, 1.82) is 0 Å². The summed E-state index contributed by atoms with van der Waals surface area (Å²) in [6.07, 6.45) is -0.180. The van der Waals surface area contributed by atoms with Gasteiger partial charge in [0, 0.05) is 19.2 Å². The number of hydrogen-bond acceptors (Lipinski definition) is 3. The molecule has 21 heavy (non-hydrogen) atoms. The van der Waals surface area contributed by atoms with Crippen LogP contribution in [0.2, 0.25) is 5.02 Å². The second kappa shape index (κ2) is 6.58. The molecule has 0 fully saturated rings. The molecule has 0 atom stereocenters. The van der Waals surface area contributed by atoms with E-state index >= 15 is 0 Å². The van der Waals surface area contributed by atoms with Crippen LogP contribution in [0.5, 0.6) is 0 Å². The van der Waals surface area contributed by atoms with Gasteiger partial charge in [-0.2, -0.15) is 0 Å². The largest absolute Gasteiger partial charge is 0.481 e. The zero-order chi connectivity index (χ0) is 16.2. The van der Waals surface area contributed by atoms with Crippen LogP contribution in [0.4, 0.5) is 5.69 Å². The van der Waals surface area contributed by atoms with Gasteiger partial charge in [0.25, 0.3) is 5.91 Å². The number of anilines is 1. The van der Waals surface area contributed by atoms with E-state index in [1.54, 1.807) is 6.07 Å². The highest BCUT2D eigenvalue weighted by molar-refractivity contribution is 6.34. The van der Waals surface area contributed by atoms with Gasteiger partial charge in [-0.3, -0.25) is 14.4 Å². The molecule has 0 aliphatic rings. The summed E-state index contributed by atoms with van der Waals surface area (Å²) in [4.78, 5) is 34.5. The van der Waals surface area contributed by atoms with Crippen LogP contribution in [0.3, 0.4) is 0 Å². The topological polar surface area (TPSA) is 95.5 Å². The number of hydrogen-bond donors (Lipinski definition) is 3. The van der Waals surface area contributed by atoms with E-state index in [4.69, 9.17) is 16.7 Å². The molecule has 0 unspecified atom stereocenters. The smallest absolute Gasteiger partial charge is 0.309 e. The normalized spacial score (nSPS) is 10.9. The third kappa shape index (κ3) is 4.46. The lowest BCUT2D eigenvalue weighted by molar-refractivity contribution is -0.148. The molecule has 7 heteroatoms. The van der Waals surface area contributed by atoms with Gasteiger partial charge in [0.2, 0.25) is 5.91 Å². The Labute approximate surface area is 127 Å². The second-order valence-electron chi connectivity index (χ2n) is 5.19. The lowest BCUT2D eigenvalue weighted by Crippen LogP contribution is -2.29. The molecule has 0 spiro atoms. The molecule has 0 saturated carbocycles. The van der Waals surface area contributed by atoms with Crippen molar-refractivity contribution in [2.24, 2.45) is 5.41 Å². The zero-order valence-electron chi connectivity index (χ0n) is 12.0. The summed E-state index contributed by atoms with van der Waals surface area (Å²) >= 11 is 5.90. The molecular formula is C14H17ClN2O4. The predicted molar refractivity (Wildman–Crippen MR) is 79.5 cm³/mol. The first-order chi connectivity index (χ1) is 9.67. The number of amides is 2. The van der Waals surface area contributed by atoms with Crippen molar-refractivity contribution in [2.45, 2.75) is 20.3 Å². The van der Waals surface area contributed by atoms with E-state index in [2.05, 4.69) is 10.6 Å². The molecule has 1 rings (SSSR count). The Balaban J connectivity index is 2.87. The van der Waals surface area contributed by atoms with Crippen molar-refractivity contribution in [2.75, 3.05) is 12.4 Å². The van der Waals surface area contributed by atoms with Crippen molar-refractivity contribution in [1.82, 2.24) is 5.32 Å². The third-order valence-electron chi connectivity index (χ3n) is 2.90. The highest BCUT2D eigenvalue weighted by Gasteiger charge is 2.30. The first-order valence-electron chi connectivity index (χ1n) is 6.22. The molecule has 114 valence electrons. The third-order valence-corrected chi connectivity index (χ3v) is 3.23. The van der Waals surface area contributed by atoms with Crippen LogP contribution in [0.25, 0.3) is 0 Å². The van der Waals surface area contributed by atoms with E-state index in [9.17, 15) is 14.4 Å². The summed E-state index contributed by atoms with van der Waals surface area (Å²) in [5.41, 5.74) is -0.557. The average molecular weight is 313 g/mol.